The number of carbonyl (C=O) groups excluding carboxylic acids is 1. The van der Waals surface area contributed by atoms with Gasteiger partial charge in [0.25, 0.3) is 0 Å². The molecule has 5 rings (SSSR count). The molecule has 1 unspecified atom stereocenters. The van der Waals surface area contributed by atoms with Gasteiger partial charge >= 0.3 is 0 Å². The second-order valence-corrected chi connectivity index (χ2v) is 11.8. The van der Waals surface area contributed by atoms with Crippen LogP contribution in [0.15, 0.2) is 11.6 Å². The average molecular weight is 425 g/mol. The third-order valence-corrected chi connectivity index (χ3v) is 10.3. The number of rotatable bonds is 5. The summed E-state index contributed by atoms with van der Waals surface area (Å²) >= 11 is 0. The minimum absolute atomic E-state index is 0.368. The quantitative estimate of drug-likeness (QED) is 0.601. The highest BCUT2D eigenvalue weighted by Gasteiger charge is 2.58. The zero-order chi connectivity index (χ0) is 21.8. The summed E-state index contributed by atoms with van der Waals surface area (Å²) in [4.78, 5) is 13.7. The highest BCUT2D eigenvalue weighted by molar-refractivity contribution is 5.79. The highest BCUT2D eigenvalue weighted by Crippen LogP contribution is 2.66. The second kappa shape index (κ2) is 7.81. The highest BCUT2D eigenvalue weighted by atomic mass is 16.1. The molecule has 5 nitrogen and oxygen atoms in total. The molecule has 0 saturated heterocycles. The maximum Gasteiger partial charge on any atom is 0.174 e. The molecule has 0 aromatic carbocycles. The van der Waals surface area contributed by atoms with Crippen LogP contribution in [0, 0.1) is 40.4 Å². The lowest BCUT2D eigenvalue weighted by molar-refractivity contribution is -0.127. The molecule has 0 bridgehead atoms. The number of hydrogen-bond donors (Lipinski definition) is 0. The molecule has 170 valence electrons. The molecule has 3 fully saturated rings. The van der Waals surface area contributed by atoms with Gasteiger partial charge in [-0.25, -0.2) is 0 Å². The smallest absolute Gasteiger partial charge is 0.174 e. The first-order valence-corrected chi connectivity index (χ1v) is 12.8. The predicted molar refractivity (Wildman–Crippen MR) is 121 cm³/mol. The topological polar surface area (TPSA) is 60.7 Å². The van der Waals surface area contributed by atoms with Crippen LogP contribution in [0.3, 0.4) is 0 Å². The molecule has 1 aromatic heterocycles. The number of aryl methyl sites for hydroxylation is 2. The summed E-state index contributed by atoms with van der Waals surface area (Å²) < 4.78 is 0. The van der Waals surface area contributed by atoms with Gasteiger partial charge in [-0.1, -0.05) is 32.4 Å². The fraction of sp³-hybridized carbons (Fsp3) is 0.846. The lowest BCUT2D eigenvalue weighted by atomic mass is 9.47. The fourth-order valence-electron chi connectivity index (χ4n) is 8.48. The first-order chi connectivity index (χ1) is 14.8. The molecule has 1 heterocycles. The number of ketones is 1. The number of hydrogen-bond acceptors (Lipinski definition) is 4. The first kappa shape index (κ1) is 21.3. The Morgan fingerprint density at radius 3 is 2.74 bits per heavy atom. The number of fused-ring (bicyclic) bond motifs is 5. The van der Waals surface area contributed by atoms with Crippen molar-refractivity contribution in [3.63, 3.8) is 0 Å². The van der Waals surface area contributed by atoms with Crippen molar-refractivity contribution in [1.82, 2.24) is 20.2 Å². The van der Waals surface area contributed by atoms with Gasteiger partial charge in [0.15, 0.2) is 5.82 Å². The van der Waals surface area contributed by atoms with Crippen molar-refractivity contribution in [2.75, 3.05) is 0 Å². The van der Waals surface area contributed by atoms with Gasteiger partial charge in [-0.2, -0.15) is 4.80 Å². The standard InChI is InChI=1S/C26H40N4O/c1-17(6-5-7-24-27-29-30(4)28-24)21-10-11-22-20-9-8-18-16-19(31)12-14-25(18,2)23(20)13-15-26(21,22)3/h9,17-18,21-23H,5-8,10-16H2,1-4H3/t17-,18+,21-,22+,23?,25+,26-/m1/s1. The third-order valence-electron chi connectivity index (χ3n) is 10.3. The molecule has 4 aliphatic carbocycles. The average Bonchev–Trinajstić information content (AvgIpc) is 3.31. The molecule has 0 amide bonds. The summed E-state index contributed by atoms with van der Waals surface area (Å²) in [5.41, 5.74) is 2.63. The van der Waals surface area contributed by atoms with Gasteiger partial charge in [0.05, 0.1) is 7.05 Å². The van der Waals surface area contributed by atoms with Crippen LogP contribution in [0.5, 0.6) is 0 Å². The van der Waals surface area contributed by atoms with Crippen LogP contribution in [0.4, 0.5) is 0 Å². The van der Waals surface area contributed by atoms with Crippen LogP contribution < -0.4 is 0 Å². The molecule has 0 spiro atoms. The van der Waals surface area contributed by atoms with Crippen LogP contribution in [0.2, 0.25) is 0 Å². The Bertz CT molecular complexity index is 875. The SMILES string of the molecule is C[C@H](CCCc1nnn(C)n1)[C@H]1CC[C@H]2C3=CC[C@H]4CC(=O)CC[C@]4(C)C3CC[C@]12C. The lowest BCUT2D eigenvalue weighted by Gasteiger charge is -2.57. The van der Waals surface area contributed by atoms with Crippen molar-refractivity contribution in [3.05, 3.63) is 17.5 Å². The van der Waals surface area contributed by atoms with E-state index in [0.29, 0.717) is 22.5 Å². The van der Waals surface area contributed by atoms with E-state index in [2.05, 4.69) is 42.3 Å². The van der Waals surface area contributed by atoms with Gasteiger partial charge < -0.3 is 0 Å². The zero-order valence-electron chi connectivity index (χ0n) is 19.9. The number of nitrogens with zero attached hydrogens (tertiary/aromatic N) is 4. The minimum Gasteiger partial charge on any atom is -0.300 e. The normalized spacial score (nSPS) is 40.6. The summed E-state index contributed by atoms with van der Waals surface area (Å²) in [7, 11) is 1.84. The van der Waals surface area contributed by atoms with Crippen LogP contribution in [-0.2, 0) is 18.3 Å². The van der Waals surface area contributed by atoms with Gasteiger partial charge in [0.1, 0.15) is 5.78 Å². The van der Waals surface area contributed by atoms with Crippen LogP contribution in [0.1, 0.15) is 90.8 Å². The van der Waals surface area contributed by atoms with E-state index in [0.717, 1.165) is 68.0 Å². The Kier molecular flexibility index (Phi) is 5.37. The lowest BCUT2D eigenvalue weighted by Crippen LogP contribution is -2.49. The van der Waals surface area contributed by atoms with Crippen LogP contribution in [-0.4, -0.2) is 26.0 Å². The molecule has 5 heteroatoms. The molecule has 4 aliphatic rings. The number of Topliss-reactive ketones (excluding diaryl/α,β-unsaturated/α-hetero) is 1. The number of carbonyl (C=O) groups is 1. The van der Waals surface area contributed by atoms with Crippen molar-refractivity contribution < 1.29 is 4.79 Å². The van der Waals surface area contributed by atoms with E-state index in [1.807, 2.05) is 7.05 Å². The molecular formula is C26H40N4O. The van der Waals surface area contributed by atoms with Crippen LogP contribution in [0.25, 0.3) is 0 Å². The van der Waals surface area contributed by atoms with E-state index < -0.39 is 0 Å². The summed E-state index contributed by atoms with van der Waals surface area (Å²) in [6, 6.07) is 0. The third kappa shape index (κ3) is 3.51. The Balaban J connectivity index is 1.27. The fourth-order valence-corrected chi connectivity index (χ4v) is 8.48. The Morgan fingerprint density at radius 1 is 1.16 bits per heavy atom. The summed E-state index contributed by atoms with van der Waals surface area (Å²) in [6.45, 7) is 7.64. The summed E-state index contributed by atoms with van der Waals surface area (Å²) in [6.07, 6.45) is 15.4. The van der Waals surface area contributed by atoms with Crippen LogP contribution >= 0.6 is 0 Å². The molecule has 7 atom stereocenters. The van der Waals surface area contributed by atoms with Gasteiger partial charge in [0.2, 0.25) is 0 Å². The van der Waals surface area contributed by atoms with Gasteiger partial charge in [-0.15, -0.1) is 10.2 Å². The summed E-state index contributed by atoms with van der Waals surface area (Å²) in [5, 5.41) is 12.5. The monoisotopic (exact) mass is 424 g/mol. The maximum absolute atomic E-state index is 12.1. The Morgan fingerprint density at radius 2 is 1.97 bits per heavy atom. The Labute approximate surface area is 187 Å². The van der Waals surface area contributed by atoms with Gasteiger partial charge in [-0.3, -0.25) is 4.79 Å². The van der Waals surface area contributed by atoms with Crippen molar-refractivity contribution >= 4 is 5.78 Å². The first-order valence-electron chi connectivity index (χ1n) is 12.8. The predicted octanol–water partition coefficient (Wildman–Crippen LogP) is 5.32. The van der Waals surface area contributed by atoms with Crippen molar-refractivity contribution in [2.24, 2.45) is 47.5 Å². The number of tetrazole rings is 1. The van der Waals surface area contributed by atoms with E-state index in [1.54, 1.807) is 10.4 Å². The second-order valence-electron chi connectivity index (χ2n) is 11.8. The van der Waals surface area contributed by atoms with Gasteiger partial charge in [-0.05, 0) is 97.0 Å². The number of aromatic nitrogens is 4. The molecular weight excluding hydrogens is 384 g/mol. The van der Waals surface area contributed by atoms with E-state index in [9.17, 15) is 4.79 Å². The van der Waals surface area contributed by atoms with E-state index in [1.165, 1.54) is 32.1 Å². The maximum atomic E-state index is 12.1. The van der Waals surface area contributed by atoms with Crippen molar-refractivity contribution in [2.45, 2.75) is 91.4 Å². The molecule has 0 radical (unpaired) electrons. The number of allylic oxidation sites excluding steroid dienone is 2. The minimum atomic E-state index is 0.368. The van der Waals surface area contributed by atoms with E-state index in [-0.39, 0.29) is 0 Å². The zero-order valence-corrected chi connectivity index (χ0v) is 19.9. The molecule has 3 saturated carbocycles. The van der Waals surface area contributed by atoms with E-state index in [4.69, 9.17) is 0 Å². The molecule has 0 N–H and O–H groups in total. The van der Waals surface area contributed by atoms with Crippen molar-refractivity contribution in [3.8, 4) is 0 Å². The molecule has 1 aromatic rings. The summed E-state index contributed by atoms with van der Waals surface area (Å²) in [5.74, 6) is 5.07. The van der Waals surface area contributed by atoms with E-state index >= 15 is 0 Å². The molecule has 31 heavy (non-hydrogen) atoms. The Hall–Kier alpha value is -1.52. The van der Waals surface area contributed by atoms with Gasteiger partial charge in [0, 0.05) is 19.3 Å². The molecule has 0 aliphatic heterocycles. The largest absolute Gasteiger partial charge is 0.300 e. The van der Waals surface area contributed by atoms with Crippen molar-refractivity contribution in [1.29, 1.82) is 0 Å².